The van der Waals surface area contributed by atoms with Crippen molar-refractivity contribution in [3.05, 3.63) is 89.3 Å². The van der Waals surface area contributed by atoms with E-state index in [9.17, 15) is 14.7 Å². The standard InChI is InChI=1S/C28H28N2O5/c1-28(2,3)20-15-17(12-13-22(20)35-5)25(31)23-24(21-11-6-7-14-29-21)30(27(33)26(23)32)18-9-8-10-19(16-18)34-4/h6-16,24,31H,1-5H3/b25-23-. The lowest BCUT2D eigenvalue weighted by molar-refractivity contribution is -0.132. The van der Waals surface area contributed by atoms with Gasteiger partial charge in [0.05, 0.1) is 25.5 Å². The zero-order valence-electron chi connectivity index (χ0n) is 20.4. The van der Waals surface area contributed by atoms with Gasteiger partial charge in [-0.2, -0.15) is 0 Å². The molecule has 0 saturated carbocycles. The van der Waals surface area contributed by atoms with Crippen LogP contribution >= 0.6 is 0 Å². The smallest absolute Gasteiger partial charge is 0.300 e. The number of aromatic nitrogens is 1. The molecule has 35 heavy (non-hydrogen) atoms. The first-order valence-corrected chi connectivity index (χ1v) is 11.2. The third-order valence-electron chi connectivity index (χ3n) is 6.02. The Balaban J connectivity index is 1.95. The van der Waals surface area contributed by atoms with Gasteiger partial charge in [0.15, 0.2) is 0 Å². The van der Waals surface area contributed by atoms with Crippen LogP contribution in [-0.4, -0.2) is 36.0 Å². The van der Waals surface area contributed by atoms with E-state index in [1.807, 2.05) is 20.8 Å². The molecule has 1 aliphatic rings. The number of carbonyl (C=O) groups is 2. The number of aliphatic hydroxyl groups excluding tert-OH is 1. The number of pyridine rings is 1. The molecule has 1 N–H and O–H groups in total. The second-order valence-corrected chi connectivity index (χ2v) is 9.29. The van der Waals surface area contributed by atoms with Crippen molar-refractivity contribution in [1.29, 1.82) is 0 Å². The maximum Gasteiger partial charge on any atom is 0.300 e. The molecular formula is C28H28N2O5. The summed E-state index contributed by atoms with van der Waals surface area (Å²) >= 11 is 0. The first-order chi connectivity index (χ1) is 16.7. The fraction of sp³-hybridized carbons (Fsp3) is 0.250. The van der Waals surface area contributed by atoms with Gasteiger partial charge in [-0.25, -0.2) is 0 Å². The quantitative estimate of drug-likeness (QED) is 0.319. The highest BCUT2D eigenvalue weighted by Gasteiger charge is 2.47. The highest BCUT2D eigenvalue weighted by atomic mass is 16.5. The largest absolute Gasteiger partial charge is 0.507 e. The lowest BCUT2D eigenvalue weighted by Gasteiger charge is -2.25. The number of carbonyl (C=O) groups excluding carboxylic acids is 2. The highest BCUT2D eigenvalue weighted by molar-refractivity contribution is 6.51. The molecule has 0 radical (unpaired) electrons. The molecule has 1 aliphatic heterocycles. The van der Waals surface area contributed by atoms with E-state index in [0.29, 0.717) is 28.4 Å². The second-order valence-electron chi connectivity index (χ2n) is 9.29. The van der Waals surface area contributed by atoms with Crippen LogP contribution in [0, 0.1) is 0 Å². The number of aliphatic hydroxyl groups is 1. The van der Waals surface area contributed by atoms with E-state index in [-0.39, 0.29) is 16.7 Å². The van der Waals surface area contributed by atoms with Crippen molar-refractivity contribution < 1.29 is 24.2 Å². The van der Waals surface area contributed by atoms with Crippen LogP contribution in [0.3, 0.4) is 0 Å². The molecule has 1 aromatic heterocycles. The molecule has 1 atom stereocenters. The van der Waals surface area contributed by atoms with Crippen molar-refractivity contribution in [2.45, 2.75) is 32.2 Å². The van der Waals surface area contributed by atoms with Crippen molar-refractivity contribution in [1.82, 2.24) is 4.98 Å². The van der Waals surface area contributed by atoms with Crippen molar-refractivity contribution >= 4 is 23.1 Å². The monoisotopic (exact) mass is 472 g/mol. The van der Waals surface area contributed by atoms with E-state index in [4.69, 9.17) is 9.47 Å². The molecule has 0 bridgehead atoms. The Kier molecular flexibility index (Phi) is 6.35. The van der Waals surface area contributed by atoms with Crippen LogP contribution in [0.15, 0.2) is 72.4 Å². The number of ketones is 1. The average Bonchev–Trinajstić information content (AvgIpc) is 3.13. The van der Waals surface area contributed by atoms with Gasteiger partial charge in [-0.3, -0.25) is 19.5 Å². The number of Topliss-reactive ketones (excluding diaryl/α,β-unsaturated/α-hetero) is 1. The number of methoxy groups -OCH3 is 2. The van der Waals surface area contributed by atoms with Crippen LogP contribution in [0.2, 0.25) is 0 Å². The van der Waals surface area contributed by atoms with E-state index in [0.717, 1.165) is 5.56 Å². The molecule has 0 spiro atoms. The minimum absolute atomic E-state index is 0.0263. The van der Waals surface area contributed by atoms with Gasteiger partial charge in [0, 0.05) is 29.1 Å². The molecular weight excluding hydrogens is 444 g/mol. The summed E-state index contributed by atoms with van der Waals surface area (Å²) in [4.78, 5) is 32.4. The zero-order valence-corrected chi connectivity index (χ0v) is 20.4. The Bertz CT molecular complexity index is 1310. The number of rotatable bonds is 5. The summed E-state index contributed by atoms with van der Waals surface area (Å²) in [5.74, 6) is -0.590. The number of benzene rings is 2. The fourth-order valence-electron chi connectivity index (χ4n) is 4.27. The summed E-state index contributed by atoms with van der Waals surface area (Å²) < 4.78 is 10.8. The summed E-state index contributed by atoms with van der Waals surface area (Å²) in [7, 11) is 3.12. The normalized spacial score (nSPS) is 17.5. The molecule has 2 aromatic carbocycles. The summed E-state index contributed by atoms with van der Waals surface area (Å²) in [6.07, 6.45) is 1.59. The highest BCUT2D eigenvalue weighted by Crippen LogP contribution is 2.43. The summed E-state index contributed by atoms with van der Waals surface area (Å²) in [5, 5.41) is 11.4. The molecule has 1 amide bonds. The Morgan fingerprint density at radius 2 is 1.74 bits per heavy atom. The molecule has 2 heterocycles. The predicted molar refractivity (Wildman–Crippen MR) is 134 cm³/mol. The SMILES string of the molecule is COc1cccc(N2C(=O)C(=O)/C(=C(\O)c3ccc(OC)c(C(C)(C)C)c3)C2c2ccccn2)c1. The minimum Gasteiger partial charge on any atom is -0.507 e. The number of ether oxygens (including phenoxy) is 2. The molecule has 0 aliphatic carbocycles. The van der Waals surface area contributed by atoms with Crippen LogP contribution in [0.4, 0.5) is 5.69 Å². The van der Waals surface area contributed by atoms with Gasteiger partial charge in [-0.05, 0) is 47.9 Å². The molecule has 7 nitrogen and oxygen atoms in total. The summed E-state index contributed by atoms with van der Waals surface area (Å²) in [5.41, 5.74) is 1.89. The van der Waals surface area contributed by atoms with Gasteiger partial charge < -0.3 is 14.6 Å². The van der Waals surface area contributed by atoms with Gasteiger partial charge in [0.2, 0.25) is 0 Å². The Morgan fingerprint density at radius 1 is 0.971 bits per heavy atom. The molecule has 180 valence electrons. The molecule has 3 aromatic rings. The molecule has 7 heteroatoms. The van der Waals surface area contributed by atoms with Crippen LogP contribution in [0.1, 0.15) is 43.6 Å². The van der Waals surface area contributed by atoms with Gasteiger partial charge in [-0.1, -0.05) is 32.9 Å². The fourth-order valence-corrected chi connectivity index (χ4v) is 4.27. The summed E-state index contributed by atoms with van der Waals surface area (Å²) in [6.45, 7) is 6.10. The lowest BCUT2D eigenvalue weighted by atomic mass is 9.84. The van der Waals surface area contributed by atoms with Crippen LogP contribution in [0.25, 0.3) is 5.76 Å². The second kappa shape index (κ2) is 9.25. The van der Waals surface area contributed by atoms with Crippen molar-refractivity contribution in [3.63, 3.8) is 0 Å². The third-order valence-corrected chi connectivity index (χ3v) is 6.02. The molecule has 1 fully saturated rings. The topological polar surface area (TPSA) is 89.0 Å². The minimum atomic E-state index is -0.913. The van der Waals surface area contributed by atoms with Gasteiger partial charge in [-0.15, -0.1) is 0 Å². The van der Waals surface area contributed by atoms with Gasteiger partial charge in [0.1, 0.15) is 23.3 Å². The lowest BCUT2D eigenvalue weighted by Crippen LogP contribution is -2.29. The number of hydrogen-bond acceptors (Lipinski definition) is 6. The number of nitrogens with zero attached hydrogens (tertiary/aromatic N) is 2. The first kappa shape index (κ1) is 24.0. The van der Waals surface area contributed by atoms with Crippen LogP contribution in [0.5, 0.6) is 11.5 Å². The van der Waals surface area contributed by atoms with Crippen LogP contribution in [-0.2, 0) is 15.0 Å². The Labute approximate surface area is 204 Å². The number of hydrogen-bond donors (Lipinski definition) is 1. The third kappa shape index (κ3) is 4.37. The molecule has 1 unspecified atom stereocenters. The van der Waals surface area contributed by atoms with E-state index in [1.54, 1.807) is 74.0 Å². The van der Waals surface area contributed by atoms with E-state index < -0.39 is 17.7 Å². The maximum atomic E-state index is 13.4. The van der Waals surface area contributed by atoms with Gasteiger partial charge >= 0.3 is 0 Å². The summed E-state index contributed by atoms with van der Waals surface area (Å²) in [6, 6.07) is 16.4. The Hall–Kier alpha value is -4.13. The van der Waals surface area contributed by atoms with Crippen molar-refractivity contribution in [2.24, 2.45) is 0 Å². The number of anilines is 1. The Morgan fingerprint density at radius 3 is 2.37 bits per heavy atom. The zero-order chi connectivity index (χ0) is 25.3. The number of amides is 1. The maximum absolute atomic E-state index is 13.4. The van der Waals surface area contributed by atoms with E-state index in [2.05, 4.69) is 4.98 Å². The van der Waals surface area contributed by atoms with Crippen molar-refractivity contribution in [2.75, 3.05) is 19.1 Å². The van der Waals surface area contributed by atoms with E-state index >= 15 is 0 Å². The predicted octanol–water partition coefficient (Wildman–Crippen LogP) is 5.02. The van der Waals surface area contributed by atoms with E-state index in [1.165, 1.54) is 12.0 Å². The molecule has 1 saturated heterocycles. The van der Waals surface area contributed by atoms with Crippen molar-refractivity contribution in [3.8, 4) is 11.5 Å². The van der Waals surface area contributed by atoms with Crippen LogP contribution < -0.4 is 14.4 Å². The van der Waals surface area contributed by atoms with Gasteiger partial charge in [0.25, 0.3) is 11.7 Å². The molecule has 4 rings (SSSR count). The first-order valence-electron chi connectivity index (χ1n) is 11.2. The average molecular weight is 473 g/mol.